The quantitative estimate of drug-likeness (QED) is 0.100. The summed E-state index contributed by atoms with van der Waals surface area (Å²) in [5.41, 5.74) is 7.10. The topological polar surface area (TPSA) is 92.2 Å². The van der Waals surface area contributed by atoms with Crippen LogP contribution in [0.3, 0.4) is 0 Å². The molecule has 0 saturated carbocycles. The van der Waals surface area contributed by atoms with Gasteiger partial charge in [0, 0.05) is 61.7 Å². The molecule has 0 saturated heterocycles. The van der Waals surface area contributed by atoms with E-state index >= 15 is 0 Å². The molecule has 1 heterocycles. The number of aliphatic imine (C=N–C) groups is 1. The molecule has 0 aromatic heterocycles. The molecule has 7 nitrogen and oxygen atoms in total. The van der Waals surface area contributed by atoms with Crippen molar-refractivity contribution in [2.75, 3.05) is 13.2 Å². The average Bonchev–Trinajstić information content (AvgIpc) is 3.40. The number of hydrogen-bond donors (Lipinski definition) is 3. The molecule has 234 valence electrons. The van der Waals surface area contributed by atoms with Crippen LogP contribution in [0.1, 0.15) is 34.8 Å². The normalized spacial score (nSPS) is 17.5. The van der Waals surface area contributed by atoms with Crippen LogP contribution in [0.4, 0.5) is 0 Å². The van der Waals surface area contributed by atoms with Crippen molar-refractivity contribution < 1.29 is 19.4 Å². The number of rotatable bonds is 12. The molecular weight excluding hydrogens is 724 g/mol. The van der Waals surface area contributed by atoms with Gasteiger partial charge in [0.1, 0.15) is 5.75 Å². The predicted octanol–water partition coefficient (Wildman–Crippen LogP) is 8.14. The van der Waals surface area contributed by atoms with Crippen molar-refractivity contribution in [3.8, 4) is 5.75 Å². The second-order valence-corrected chi connectivity index (χ2v) is 12.8. The van der Waals surface area contributed by atoms with Gasteiger partial charge >= 0.3 is 0 Å². The van der Waals surface area contributed by atoms with Gasteiger partial charge in [-0.2, -0.15) is 0 Å². The maximum atomic E-state index is 14.4. The van der Waals surface area contributed by atoms with Crippen LogP contribution >= 0.6 is 62.3 Å². The lowest BCUT2D eigenvalue weighted by atomic mass is 9.82. The summed E-state index contributed by atoms with van der Waals surface area (Å²) in [5.74, 6) is 0.444. The van der Waals surface area contributed by atoms with Crippen LogP contribution in [0.5, 0.6) is 5.75 Å². The zero-order valence-corrected chi connectivity index (χ0v) is 28.3. The first-order valence-electron chi connectivity index (χ1n) is 14.0. The van der Waals surface area contributed by atoms with E-state index in [9.17, 15) is 4.79 Å². The molecule has 3 N–H and O–H groups in total. The largest absolute Gasteiger partial charge is 0.494 e. The minimum absolute atomic E-state index is 0.0423. The Morgan fingerprint density at radius 1 is 0.933 bits per heavy atom. The van der Waals surface area contributed by atoms with Gasteiger partial charge in [-0.3, -0.25) is 10.2 Å². The molecular formula is C33H28BrCl4N3O4. The molecule has 45 heavy (non-hydrogen) atoms. The van der Waals surface area contributed by atoms with E-state index in [4.69, 9.17) is 66.0 Å². The highest BCUT2D eigenvalue weighted by Crippen LogP contribution is 2.45. The Balaban J connectivity index is 1.55. The Bertz CT molecular complexity index is 1710. The highest BCUT2D eigenvalue weighted by molar-refractivity contribution is 9.10. The van der Waals surface area contributed by atoms with E-state index in [-0.39, 0.29) is 25.5 Å². The minimum Gasteiger partial charge on any atom is -0.494 e. The number of carbonyl (C=O) groups excluding carboxylic acids is 1. The number of benzene rings is 4. The summed E-state index contributed by atoms with van der Waals surface area (Å²) in [6, 6.07) is 25.0. The van der Waals surface area contributed by atoms with Crippen LogP contribution in [0, 0.1) is 0 Å². The summed E-state index contributed by atoms with van der Waals surface area (Å²) < 4.78 is 13.0. The summed E-state index contributed by atoms with van der Waals surface area (Å²) in [6.07, 6.45) is -0.240. The second-order valence-electron chi connectivity index (χ2n) is 10.3. The van der Waals surface area contributed by atoms with E-state index in [1.807, 2.05) is 24.3 Å². The Labute approximate surface area is 289 Å². The predicted molar refractivity (Wildman–Crippen MR) is 182 cm³/mol. The van der Waals surface area contributed by atoms with Crippen molar-refractivity contribution in [3.05, 3.63) is 132 Å². The summed E-state index contributed by atoms with van der Waals surface area (Å²) in [5, 5.41) is 10.8. The zero-order chi connectivity index (χ0) is 32.0. The number of halogens is 5. The van der Waals surface area contributed by atoms with Gasteiger partial charge in [0.2, 0.25) is 5.90 Å². The number of carbonyl (C=O) groups is 1. The SMILES string of the molecule is O=C(NNCc1ccc(Cl)cc1Cl)[C@@]1(Cc2ccccc2Br)N=C(c2ccc(OCCCO)cc2)O[C@H]1c1ccc(Cl)cc1Cl. The van der Waals surface area contributed by atoms with E-state index < -0.39 is 17.6 Å². The monoisotopic (exact) mass is 749 g/mol. The van der Waals surface area contributed by atoms with Gasteiger partial charge in [0.05, 0.1) is 6.61 Å². The third-order valence-electron chi connectivity index (χ3n) is 7.19. The highest BCUT2D eigenvalue weighted by Gasteiger charge is 2.54. The van der Waals surface area contributed by atoms with Gasteiger partial charge in [0.15, 0.2) is 11.6 Å². The highest BCUT2D eigenvalue weighted by atomic mass is 79.9. The van der Waals surface area contributed by atoms with Crippen LogP contribution in [0.15, 0.2) is 94.4 Å². The van der Waals surface area contributed by atoms with E-state index in [1.54, 1.807) is 60.7 Å². The Kier molecular flexibility index (Phi) is 11.3. The van der Waals surface area contributed by atoms with Crippen molar-refractivity contribution in [3.63, 3.8) is 0 Å². The number of hydrazine groups is 1. The average molecular weight is 752 g/mol. The maximum Gasteiger partial charge on any atom is 0.266 e. The Hall–Kier alpha value is -2.82. The molecule has 0 unspecified atom stereocenters. The van der Waals surface area contributed by atoms with E-state index in [1.165, 1.54) is 0 Å². The number of nitrogens with one attached hydrogen (secondary N) is 2. The fourth-order valence-electron chi connectivity index (χ4n) is 4.90. The summed E-state index contributed by atoms with van der Waals surface area (Å²) in [7, 11) is 0. The Morgan fingerprint density at radius 3 is 2.33 bits per heavy atom. The molecule has 0 aliphatic carbocycles. The summed E-state index contributed by atoms with van der Waals surface area (Å²) >= 11 is 29.0. The molecule has 4 aromatic rings. The van der Waals surface area contributed by atoms with Crippen LogP contribution in [-0.2, 0) is 22.5 Å². The van der Waals surface area contributed by atoms with E-state index in [2.05, 4.69) is 26.8 Å². The Morgan fingerprint density at radius 2 is 1.64 bits per heavy atom. The third kappa shape index (κ3) is 7.95. The van der Waals surface area contributed by atoms with Crippen LogP contribution in [0.2, 0.25) is 20.1 Å². The number of aliphatic hydroxyl groups excluding tert-OH is 1. The third-order valence-corrected chi connectivity index (χ3v) is 9.11. The van der Waals surface area contributed by atoms with Gasteiger partial charge in [-0.15, -0.1) is 0 Å². The zero-order valence-electron chi connectivity index (χ0n) is 23.7. The first-order chi connectivity index (χ1) is 21.7. The number of ether oxygens (including phenoxy) is 2. The number of nitrogens with zero attached hydrogens (tertiary/aromatic N) is 1. The molecule has 0 fully saturated rings. The minimum atomic E-state index is -1.51. The smallest absolute Gasteiger partial charge is 0.266 e. The fourth-order valence-corrected chi connectivity index (χ4v) is 6.31. The molecule has 1 aliphatic heterocycles. The van der Waals surface area contributed by atoms with Gasteiger partial charge in [0.25, 0.3) is 5.91 Å². The van der Waals surface area contributed by atoms with Crippen LogP contribution < -0.4 is 15.6 Å². The van der Waals surface area contributed by atoms with Crippen LogP contribution in [-0.4, -0.2) is 35.7 Å². The number of amides is 1. The first kappa shape index (κ1) is 33.5. The lowest BCUT2D eigenvalue weighted by Crippen LogP contribution is -2.53. The second kappa shape index (κ2) is 15.2. The molecule has 12 heteroatoms. The molecule has 1 amide bonds. The summed E-state index contributed by atoms with van der Waals surface area (Å²) in [6.45, 7) is 0.656. The van der Waals surface area contributed by atoms with Gasteiger partial charge in [-0.1, -0.05) is 92.7 Å². The first-order valence-corrected chi connectivity index (χ1v) is 16.3. The van der Waals surface area contributed by atoms with Gasteiger partial charge < -0.3 is 14.6 Å². The molecule has 0 spiro atoms. The number of hydrogen-bond acceptors (Lipinski definition) is 6. The van der Waals surface area contributed by atoms with E-state index in [0.29, 0.717) is 50.0 Å². The van der Waals surface area contributed by atoms with Crippen LogP contribution in [0.25, 0.3) is 0 Å². The molecule has 1 aliphatic rings. The van der Waals surface area contributed by atoms with Gasteiger partial charge in [-0.25, -0.2) is 10.4 Å². The maximum absolute atomic E-state index is 14.4. The van der Waals surface area contributed by atoms with Crippen molar-refractivity contribution in [1.29, 1.82) is 0 Å². The molecule has 0 radical (unpaired) electrons. The lowest BCUT2D eigenvalue weighted by molar-refractivity contribution is -0.130. The van der Waals surface area contributed by atoms with Crippen molar-refractivity contribution in [1.82, 2.24) is 10.9 Å². The van der Waals surface area contributed by atoms with Crippen molar-refractivity contribution >= 4 is 74.1 Å². The van der Waals surface area contributed by atoms with E-state index in [0.717, 1.165) is 15.6 Å². The van der Waals surface area contributed by atoms with Crippen molar-refractivity contribution in [2.24, 2.45) is 4.99 Å². The molecule has 4 aromatic carbocycles. The fraction of sp³-hybridized carbons (Fsp3) is 0.212. The lowest BCUT2D eigenvalue weighted by Gasteiger charge is -2.31. The van der Waals surface area contributed by atoms with Crippen molar-refractivity contribution in [2.45, 2.75) is 31.0 Å². The molecule has 0 bridgehead atoms. The molecule has 2 atom stereocenters. The standard InChI is InChI=1S/C33H28BrCl4N3O4/c34-27-5-2-1-4-21(27)18-33(32(43)41-39-19-22-6-9-23(35)16-28(22)37)30(26-13-10-24(36)17-29(26)38)45-31(40-33)20-7-11-25(12-8-20)44-15-3-14-42/h1-2,4-13,16-17,30,39,42H,3,14-15,18-19H2,(H,41,43)/t30-,33-/m0/s1. The number of aliphatic hydroxyl groups is 1. The molecule has 5 rings (SSSR count). The summed E-state index contributed by atoms with van der Waals surface area (Å²) in [4.78, 5) is 19.4. The van der Waals surface area contributed by atoms with Gasteiger partial charge in [-0.05, 0) is 65.7 Å².